The second-order valence-electron chi connectivity index (χ2n) is 3.21. The van der Waals surface area contributed by atoms with Crippen LogP contribution < -0.4 is 5.32 Å². The molecule has 0 spiro atoms. The fourth-order valence-corrected chi connectivity index (χ4v) is 2.16. The lowest BCUT2D eigenvalue weighted by Crippen LogP contribution is -2.53. The van der Waals surface area contributed by atoms with Crippen LogP contribution in [0, 0.1) is 0 Å². The summed E-state index contributed by atoms with van der Waals surface area (Å²) in [5, 5.41) is 6.09. The van der Waals surface area contributed by atoms with Crippen molar-refractivity contribution in [3.63, 3.8) is 0 Å². The normalized spacial score (nSPS) is 12.4. The minimum atomic E-state index is -2.81. The van der Waals surface area contributed by atoms with E-state index in [-0.39, 0.29) is 6.17 Å². The Morgan fingerprint density at radius 3 is 2.18 bits per heavy atom. The number of rotatable bonds is 7. The minimum absolute atomic E-state index is 0.121. The molecule has 0 fully saturated rings. The third-order valence-electron chi connectivity index (χ3n) is 2.18. The van der Waals surface area contributed by atoms with E-state index in [9.17, 15) is 4.79 Å². The van der Waals surface area contributed by atoms with Crippen LogP contribution in [0.25, 0.3) is 0 Å². The summed E-state index contributed by atoms with van der Waals surface area (Å²) in [6, 6.07) is 0. The molecule has 17 heavy (non-hydrogen) atoms. The lowest BCUT2D eigenvalue weighted by molar-refractivity contribution is 0.116. The maximum absolute atomic E-state index is 11.3. The molecule has 0 saturated carbocycles. The molecular weight excluding hydrogens is 244 g/mol. The molecule has 0 radical (unpaired) electrons. The summed E-state index contributed by atoms with van der Waals surface area (Å²) in [7, 11) is 1.59. The summed E-state index contributed by atoms with van der Waals surface area (Å²) in [4.78, 5) is 15.9. The Labute approximate surface area is 102 Å². The summed E-state index contributed by atoms with van der Waals surface area (Å²) in [6.07, 6.45) is 0.178. The van der Waals surface area contributed by atoms with E-state index in [1.165, 1.54) is 21.3 Å². The van der Waals surface area contributed by atoms with Crippen LogP contribution in [-0.2, 0) is 18.1 Å². The van der Waals surface area contributed by atoms with Crippen molar-refractivity contribution >= 4 is 20.6 Å². The highest BCUT2D eigenvalue weighted by Crippen LogP contribution is 2.03. The van der Waals surface area contributed by atoms with Crippen LogP contribution in [0.15, 0.2) is 5.16 Å². The van der Waals surface area contributed by atoms with Gasteiger partial charge < -0.3 is 18.6 Å². The molecule has 7 nitrogen and oxygen atoms in total. The summed E-state index contributed by atoms with van der Waals surface area (Å²) in [5.74, 6) is 0. The highest BCUT2D eigenvalue weighted by molar-refractivity contribution is 6.61. The van der Waals surface area contributed by atoms with Gasteiger partial charge in [0.2, 0.25) is 0 Å². The fraction of sp³-hybridized carbons (Fsp3) is 0.778. The standard InChI is InChI=1S/C9H20N2O5Si/c1-6-8(2)11-16-9(12)10-7-17(13-3,14-4)15-5/h6-7H2,1-5H3,(H,10,12). The summed E-state index contributed by atoms with van der Waals surface area (Å²) >= 11 is 0. The van der Waals surface area contributed by atoms with Crippen molar-refractivity contribution in [3.05, 3.63) is 0 Å². The predicted molar refractivity (Wildman–Crippen MR) is 64.7 cm³/mol. The molecule has 0 heterocycles. The van der Waals surface area contributed by atoms with Crippen molar-refractivity contribution in [2.24, 2.45) is 5.16 Å². The van der Waals surface area contributed by atoms with Crippen LogP contribution in [0.3, 0.4) is 0 Å². The number of carbonyl (C=O) groups is 1. The molecule has 1 N–H and O–H groups in total. The molecule has 100 valence electrons. The highest BCUT2D eigenvalue weighted by Gasteiger charge is 2.38. The molecule has 1 amide bonds. The van der Waals surface area contributed by atoms with Gasteiger partial charge in [-0.1, -0.05) is 12.1 Å². The van der Waals surface area contributed by atoms with Crippen LogP contribution in [0.2, 0.25) is 0 Å². The number of hydrogen-bond donors (Lipinski definition) is 1. The van der Waals surface area contributed by atoms with Crippen LogP contribution in [-0.4, -0.2) is 48.1 Å². The van der Waals surface area contributed by atoms with Crippen molar-refractivity contribution in [1.82, 2.24) is 5.32 Å². The van der Waals surface area contributed by atoms with Crippen molar-refractivity contribution in [3.8, 4) is 0 Å². The number of oxime groups is 1. The second kappa shape index (κ2) is 8.18. The maximum atomic E-state index is 11.3. The first-order chi connectivity index (χ1) is 8.03. The van der Waals surface area contributed by atoms with E-state index in [0.29, 0.717) is 0 Å². The molecule has 0 aromatic heterocycles. The van der Waals surface area contributed by atoms with Crippen LogP contribution >= 0.6 is 0 Å². The lowest BCUT2D eigenvalue weighted by Gasteiger charge is -2.23. The van der Waals surface area contributed by atoms with E-state index < -0.39 is 14.9 Å². The zero-order valence-corrected chi connectivity index (χ0v) is 11.9. The molecule has 0 atom stereocenters. The summed E-state index contributed by atoms with van der Waals surface area (Å²) in [5.41, 5.74) is 0.730. The molecule has 0 aromatic rings. The lowest BCUT2D eigenvalue weighted by atomic mass is 10.3. The number of amides is 1. The van der Waals surface area contributed by atoms with Crippen LogP contribution in [0.4, 0.5) is 4.79 Å². The molecule has 0 rings (SSSR count). The average Bonchev–Trinajstić information content (AvgIpc) is 2.38. The molecule has 0 aromatic carbocycles. The van der Waals surface area contributed by atoms with E-state index in [1.54, 1.807) is 6.92 Å². The highest BCUT2D eigenvalue weighted by atomic mass is 28.4. The zero-order chi connectivity index (χ0) is 13.3. The smallest absolute Gasteiger partial charge is 0.376 e. The first kappa shape index (κ1) is 16.0. The van der Waals surface area contributed by atoms with Crippen molar-refractivity contribution in [2.45, 2.75) is 20.3 Å². The van der Waals surface area contributed by atoms with E-state index in [0.717, 1.165) is 12.1 Å². The van der Waals surface area contributed by atoms with Gasteiger partial charge in [0.25, 0.3) is 0 Å². The first-order valence-corrected chi connectivity index (χ1v) is 7.10. The van der Waals surface area contributed by atoms with Crippen LogP contribution in [0.1, 0.15) is 20.3 Å². The molecule has 0 aliphatic heterocycles. The van der Waals surface area contributed by atoms with Gasteiger partial charge in [-0.25, -0.2) is 4.79 Å². The van der Waals surface area contributed by atoms with E-state index >= 15 is 0 Å². The van der Waals surface area contributed by atoms with Crippen molar-refractivity contribution in [1.29, 1.82) is 0 Å². The van der Waals surface area contributed by atoms with Crippen molar-refractivity contribution in [2.75, 3.05) is 27.5 Å². The SMILES string of the molecule is CCC(C)=NOC(=O)NC[Si](OC)(OC)OC. The van der Waals surface area contributed by atoms with Crippen LogP contribution in [0.5, 0.6) is 0 Å². The Morgan fingerprint density at radius 1 is 1.24 bits per heavy atom. The van der Waals surface area contributed by atoms with Gasteiger partial charge in [-0.2, -0.15) is 0 Å². The van der Waals surface area contributed by atoms with E-state index in [1.807, 2.05) is 6.92 Å². The molecule has 0 aliphatic rings. The number of nitrogens with one attached hydrogen (secondary N) is 1. The third kappa shape index (κ3) is 5.77. The minimum Gasteiger partial charge on any atom is -0.376 e. The van der Waals surface area contributed by atoms with Gasteiger partial charge in [0.15, 0.2) is 0 Å². The van der Waals surface area contributed by atoms with E-state index in [4.69, 9.17) is 13.3 Å². The Kier molecular flexibility index (Phi) is 7.71. The quantitative estimate of drug-likeness (QED) is 0.320. The first-order valence-electron chi connectivity index (χ1n) is 5.17. The van der Waals surface area contributed by atoms with Gasteiger partial charge in [-0.15, -0.1) is 0 Å². The predicted octanol–water partition coefficient (Wildman–Crippen LogP) is 0.916. The monoisotopic (exact) mass is 264 g/mol. The summed E-state index contributed by atoms with van der Waals surface area (Å²) in [6.45, 7) is 3.69. The fourth-order valence-electron chi connectivity index (χ4n) is 0.863. The van der Waals surface area contributed by atoms with Gasteiger partial charge in [0.05, 0.1) is 11.9 Å². The van der Waals surface area contributed by atoms with Gasteiger partial charge in [-0.05, 0) is 13.3 Å². The van der Waals surface area contributed by atoms with Gasteiger partial charge in [-0.3, -0.25) is 4.84 Å². The third-order valence-corrected chi connectivity index (χ3v) is 4.65. The zero-order valence-electron chi connectivity index (χ0n) is 10.9. The summed E-state index contributed by atoms with van der Waals surface area (Å²) < 4.78 is 15.4. The molecule has 8 heteroatoms. The number of carbonyl (C=O) groups excluding carboxylic acids is 1. The Balaban J connectivity index is 4.14. The Morgan fingerprint density at radius 2 is 1.76 bits per heavy atom. The largest absolute Gasteiger partial charge is 0.520 e. The molecular formula is C9H20N2O5Si. The van der Waals surface area contributed by atoms with Gasteiger partial charge in [0, 0.05) is 21.3 Å². The van der Waals surface area contributed by atoms with Gasteiger partial charge in [0.1, 0.15) is 0 Å². The Bertz CT molecular complexity index is 260. The number of hydrogen-bond acceptors (Lipinski definition) is 6. The van der Waals surface area contributed by atoms with Crippen molar-refractivity contribution < 1.29 is 22.9 Å². The Hall–Kier alpha value is -0.963. The maximum Gasteiger partial charge on any atom is 0.520 e. The second-order valence-corrected chi connectivity index (χ2v) is 6.15. The number of nitrogens with zero attached hydrogens (tertiary/aromatic N) is 1. The molecule has 0 aliphatic carbocycles. The topological polar surface area (TPSA) is 78.4 Å². The van der Waals surface area contributed by atoms with Gasteiger partial charge >= 0.3 is 14.9 Å². The average molecular weight is 264 g/mol. The van der Waals surface area contributed by atoms with E-state index in [2.05, 4.69) is 15.3 Å². The molecule has 0 bridgehead atoms. The molecule has 0 saturated heterocycles. The molecule has 0 unspecified atom stereocenters.